The molecule has 0 saturated carbocycles. The number of nitrogens with two attached hydrogens (primary N) is 1. The third-order valence-corrected chi connectivity index (χ3v) is 8.01. The summed E-state index contributed by atoms with van der Waals surface area (Å²) in [6, 6.07) is 15.4. The fourth-order valence-corrected chi connectivity index (χ4v) is 6.02. The lowest BCUT2D eigenvalue weighted by atomic mass is 9.84. The zero-order valence-electron chi connectivity index (χ0n) is 20.8. The molecule has 186 valence electrons. The third-order valence-electron chi connectivity index (χ3n) is 8.01. The van der Waals surface area contributed by atoms with E-state index in [4.69, 9.17) is 17.1 Å². The van der Waals surface area contributed by atoms with Crippen LogP contribution in [-0.4, -0.2) is 42.9 Å². The van der Waals surface area contributed by atoms with Gasteiger partial charge < -0.3 is 15.7 Å². The van der Waals surface area contributed by atoms with Gasteiger partial charge in [0, 0.05) is 54.0 Å². The van der Waals surface area contributed by atoms with Crippen LogP contribution in [0.5, 0.6) is 0 Å². The van der Waals surface area contributed by atoms with Crippen LogP contribution in [0.2, 0.25) is 0 Å². The minimum atomic E-state index is -1.55. The van der Waals surface area contributed by atoms with E-state index in [1.165, 1.54) is 0 Å². The molecule has 2 fully saturated rings. The molecule has 7 heteroatoms. The van der Waals surface area contributed by atoms with E-state index in [1.807, 2.05) is 71.0 Å². The number of nitrogens with zero attached hydrogens (tertiary/aromatic N) is 4. The highest BCUT2D eigenvalue weighted by Crippen LogP contribution is 2.39. The van der Waals surface area contributed by atoms with E-state index in [1.54, 1.807) is 6.20 Å². The van der Waals surface area contributed by atoms with Gasteiger partial charge in [0.25, 0.3) is 0 Å². The van der Waals surface area contributed by atoms with Gasteiger partial charge in [-0.1, -0.05) is 54.5 Å². The minimum absolute atomic E-state index is 0.119. The number of aryl methyl sites for hydroxylation is 1. The maximum absolute atomic E-state index is 12.4. The largest absolute Gasteiger partial charge is 0.382 e. The Hall–Kier alpha value is -4.15. The van der Waals surface area contributed by atoms with Crippen molar-refractivity contribution in [3.05, 3.63) is 83.4 Å². The predicted molar refractivity (Wildman–Crippen MR) is 143 cm³/mol. The molecule has 0 aliphatic carbocycles. The van der Waals surface area contributed by atoms with Gasteiger partial charge in [-0.2, -0.15) is 0 Å². The zero-order chi connectivity index (χ0) is 25.7. The molecular formula is C30H29N5O2. The number of aliphatic hydroxyl groups is 1. The molecular weight excluding hydrogens is 462 g/mol. The average Bonchev–Trinajstić information content (AvgIpc) is 3.50. The lowest BCUT2D eigenvalue weighted by molar-refractivity contribution is -0.130. The maximum Gasteiger partial charge on any atom is 0.222 e. The van der Waals surface area contributed by atoms with Crippen molar-refractivity contribution in [1.29, 1.82) is 0 Å². The summed E-state index contributed by atoms with van der Waals surface area (Å²) in [4.78, 5) is 23.8. The van der Waals surface area contributed by atoms with Gasteiger partial charge in [-0.3, -0.25) is 9.20 Å². The number of carbonyl (C=O) groups excluding carboxylic acids is 1. The van der Waals surface area contributed by atoms with E-state index >= 15 is 0 Å². The minimum Gasteiger partial charge on any atom is -0.382 e. The number of carbonyl (C=O) groups is 1. The molecule has 37 heavy (non-hydrogen) atoms. The van der Waals surface area contributed by atoms with Gasteiger partial charge in [0.05, 0.1) is 0 Å². The van der Waals surface area contributed by atoms with Crippen LogP contribution >= 0.6 is 0 Å². The number of nitrogen functional groups attached to an aromatic ring is 1. The first kappa shape index (κ1) is 23.3. The van der Waals surface area contributed by atoms with Crippen LogP contribution in [0, 0.1) is 19.3 Å². The van der Waals surface area contributed by atoms with Crippen molar-refractivity contribution in [2.75, 3.05) is 12.3 Å². The maximum atomic E-state index is 12.4. The molecule has 2 aromatic heterocycles. The highest BCUT2D eigenvalue weighted by molar-refractivity contribution is 5.85. The Morgan fingerprint density at radius 3 is 2.68 bits per heavy atom. The Morgan fingerprint density at radius 2 is 1.92 bits per heavy atom. The number of fused-ring (bicyclic) bond motifs is 2. The molecule has 0 bridgehead atoms. The molecule has 0 spiro atoms. The first-order valence-corrected chi connectivity index (χ1v) is 12.7. The van der Waals surface area contributed by atoms with Crippen LogP contribution in [0.3, 0.4) is 0 Å². The van der Waals surface area contributed by atoms with Crippen molar-refractivity contribution < 1.29 is 9.90 Å². The third kappa shape index (κ3) is 3.68. The van der Waals surface area contributed by atoms with Crippen molar-refractivity contribution in [3.63, 3.8) is 0 Å². The van der Waals surface area contributed by atoms with Crippen LogP contribution in [0.15, 0.2) is 60.9 Å². The topological polar surface area (TPSA) is 96.8 Å². The molecule has 4 aromatic rings. The number of anilines is 1. The van der Waals surface area contributed by atoms with Gasteiger partial charge in [0.15, 0.2) is 5.60 Å². The van der Waals surface area contributed by atoms with E-state index in [0.29, 0.717) is 36.0 Å². The molecule has 7 nitrogen and oxygen atoms in total. The standard InChI is InChI=1S/C30H29N5O2/c1-3-30(37,24-7-5-4-6-19(24)2)22-11-8-20(9-12-22)26-27-28(31)32-16-17-34(27)29(33-26)21-10-13-23-14-15-25(36)35(23)18-21/h1,4-9,11-12,16-17,21,23,37H,10,13-15,18H2,2H3,(H2,31,32)/t21-,23+,30+/m1/s1. The Labute approximate surface area is 216 Å². The van der Waals surface area contributed by atoms with Gasteiger partial charge in [0.2, 0.25) is 5.91 Å². The molecule has 3 atom stereocenters. The van der Waals surface area contributed by atoms with Gasteiger partial charge in [0.1, 0.15) is 22.9 Å². The SMILES string of the molecule is C#C[C@](O)(c1ccc(-c2nc([C@@H]3CC[C@H]4CCC(=O)N4C3)n3ccnc(N)c23)cc1)c1ccccc1C. The Bertz CT molecular complexity index is 1550. The molecule has 2 saturated heterocycles. The van der Waals surface area contributed by atoms with E-state index in [0.717, 1.165) is 47.4 Å². The number of aromatic nitrogens is 3. The fraction of sp³-hybridized carbons (Fsp3) is 0.300. The molecule has 4 heterocycles. The number of amides is 1. The summed E-state index contributed by atoms with van der Waals surface area (Å²) in [5.74, 6) is 4.23. The lowest BCUT2D eigenvalue weighted by Crippen LogP contribution is -2.41. The molecule has 2 aliphatic heterocycles. The van der Waals surface area contributed by atoms with Crippen molar-refractivity contribution in [3.8, 4) is 23.6 Å². The second-order valence-electron chi connectivity index (χ2n) is 10.1. The summed E-state index contributed by atoms with van der Waals surface area (Å²) < 4.78 is 2.02. The molecule has 2 aromatic carbocycles. The van der Waals surface area contributed by atoms with Gasteiger partial charge in [-0.25, -0.2) is 9.97 Å². The van der Waals surface area contributed by atoms with E-state index < -0.39 is 5.60 Å². The Balaban J connectivity index is 1.40. The van der Waals surface area contributed by atoms with E-state index in [9.17, 15) is 9.90 Å². The second kappa shape index (κ2) is 8.75. The predicted octanol–water partition coefficient (Wildman–Crippen LogP) is 4.02. The van der Waals surface area contributed by atoms with E-state index in [-0.39, 0.29) is 11.8 Å². The molecule has 1 amide bonds. The first-order chi connectivity index (χ1) is 17.9. The van der Waals surface area contributed by atoms with Crippen LogP contribution in [0.1, 0.15) is 54.1 Å². The summed E-state index contributed by atoms with van der Waals surface area (Å²) in [6.45, 7) is 2.61. The van der Waals surface area contributed by atoms with Crippen molar-refractivity contribution in [2.45, 2.75) is 50.2 Å². The second-order valence-corrected chi connectivity index (χ2v) is 10.1. The monoisotopic (exact) mass is 491 g/mol. The summed E-state index contributed by atoms with van der Waals surface area (Å²) in [5, 5.41) is 11.5. The fourth-order valence-electron chi connectivity index (χ4n) is 6.02. The van der Waals surface area contributed by atoms with Crippen LogP contribution in [0.25, 0.3) is 16.8 Å². The average molecular weight is 492 g/mol. The lowest BCUT2D eigenvalue weighted by Gasteiger charge is -2.34. The number of terminal acetylenes is 1. The summed E-state index contributed by atoms with van der Waals surface area (Å²) in [5.41, 5.74) is 9.33. The zero-order valence-corrected chi connectivity index (χ0v) is 20.8. The highest BCUT2D eigenvalue weighted by Gasteiger charge is 2.38. The van der Waals surface area contributed by atoms with Crippen molar-refractivity contribution >= 4 is 17.2 Å². The number of rotatable bonds is 4. The number of hydrogen-bond acceptors (Lipinski definition) is 5. The Morgan fingerprint density at radius 1 is 1.14 bits per heavy atom. The summed E-state index contributed by atoms with van der Waals surface area (Å²) in [7, 11) is 0. The normalized spacial score (nSPS) is 21.0. The summed E-state index contributed by atoms with van der Waals surface area (Å²) in [6.07, 6.45) is 13.0. The first-order valence-electron chi connectivity index (χ1n) is 12.7. The number of imidazole rings is 1. The summed E-state index contributed by atoms with van der Waals surface area (Å²) >= 11 is 0. The molecule has 2 aliphatic rings. The van der Waals surface area contributed by atoms with Crippen LogP contribution < -0.4 is 5.73 Å². The van der Waals surface area contributed by atoms with Crippen LogP contribution in [-0.2, 0) is 10.4 Å². The van der Waals surface area contributed by atoms with Gasteiger partial charge >= 0.3 is 0 Å². The quantitative estimate of drug-likeness (QED) is 0.420. The smallest absolute Gasteiger partial charge is 0.222 e. The van der Waals surface area contributed by atoms with Crippen molar-refractivity contribution in [2.24, 2.45) is 0 Å². The number of piperidine rings is 1. The highest BCUT2D eigenvalue weighted by atomic mass is 16.3. The number of benzene rings is 2. The molecule has 3 N–H and O–H groups in total. The van der Waals surface area contributed by atoms with E-state index in [2.05, 4.69) is 10.9 Å². The number of hydrogen-bond donors (Lipinski definition) is 2. The van der Waals surface area contributed by atoms with Crippen LogP contribution in [0.4, 0.5) is 5.82 Å². The molecule has 0 unspecified atom stereocenters. The van der Waals surface area contributed by atoms with Gasteiger partial charge in [-0.15, -0.1) is 6.42 Å². The Kier molecular flexibility index (Phi) is 5.50. The molecule has 0 radical (unpaired) electrons. The van der Waals surface area contributed by atoms with Crippen molar-refractivity contribution in [1.82, 2.24) is 19.3 Å². The van der Waals surface area contributed by atoms with Gasteiger partial charge in [-0.05, 0) is 31.7 Å². The molecule has 6 rings (SSSR count).